The number of benzene rings is 1. The summed E-state index contributed by atoms with van der Waals surface area (Å²) >= 11 is 3.47. The molecule has 4 N–H and O–H groups in total. The van der Waals surface area contributed by atoms with Crippen LogP contribution in [0, 0.1) is 0 Å². The molecule has 21 heavy (non-hydrogen) atoms. The molecule has 0 radical (unpaired) electrons. The fraction of sp³-hybridized carbons (Fsp3) is 0.200. The summed E-state index contributed by atoms with van der Waals surface area (Å²) in [6.45, 7) is 2.66. The second-order valence-corrected chi connectivity index (χ2v) is 5.57. The zero-order chi connectivity index (χ0) is 15.2. The Hall–Kier alpha value is -1.92. The number of rotatable bonds is 5. The summed E-state index contributed by atoms with van der Waals surface area (Å²) in [6.07, 6.45) is 1.62. The predicted octanol–water partition coefficient (Wildman–Crippen LogP) is 2.79. The molecule has 1 aromatic carbocycles. The molecule has 0 aliphatic rings. The molecule has 2 aromatic rings. The van der Waals surface area contributed by atoms with Crippen molar-refractivity contribution in [3.8, 4) is 0 Å². The third-order valence-electron chi connectivity index (χ3n) is 3.19. The molecule has 0 aliphatic heterocycles. The standard InChI is InChI=1S/C15H17BrN4O/c1-10(11-4-2-6-13(16)8-11)19-9-12-5-3-7-18-14(12)15(17)20-21/h2-8,10,19,21H,9H2,1H3,(H2,17,20). The first-order valence-electron chi connectivity index (χ1n) is 6.52. The van der Waals surface area contributed by atoms with E-state index in [0.717, 1.165) is 10.0 Å². The van der Waals surface area contributed by atoms with Crippen LogP contribution in [0.1, 0.15) is 29.8 Å². The molecule has 0 aliphatic carbocycles. The van der Waals surface area contributed by atoms with Crippen LogP contribution in [0.15, 0.2) is 52.2 Å². The second-order valence-electron chi connectivity index (χ2n) is 4.65. The number of amidine groups is 1. The van der Waals surface area contributed by atoms with Crippen molar-refractivity contribution in [3.05, 3.63) is 63.9 Å². The Labute approximate surface area is 132 Å². The molecule has 110 valence electrons. The number of nitrogens with two attached hydrogens (primary N) is 1. The molecule has 1 aromatic heterocycles. The van der Waals surface area contributed by atoms with Crippen molar-refractivity contribution in [2.75, 3.05) is 0 Å². The van der Waals surface area contributed by atoms with E-state index in [1.807, 2.05) is 24.3 Å². The van der Waals surface area contributed by atoms with E-state index in [9.17, 15) is 0 Å². The molecule has 6 heteroatoms. The van der Waals surface area contributed by atoms with Gasteiger partial charge in [0, 0.05) is 23.3 Å². The predicted molar refractivity (Wildman–Crippen MR) is 86.1 cm³/mol. The Balaban J connectivity index is 2.10. The summed E-state index contributed by atoms with van der Waals surface area (Å²) in [5, 5.41) is 15.2. The summed E-state index contributed by atoms with van der Waals surface area (Å²) in [7, 11) is 0. The number of hydrogen-bond donors (Lipinski definition) is 3. The number of halogens is 1. The van der Waals surface area contributed by atoms with Crippen molar-refractivity contribution in [1.29, 1.82) is 0 Å². The zero-order valence-corrected chi connectivity index (χ0v) is 13.2. The molecule has 0 bridgehead atoms. The van der Waals surface area contributed by atoms with Crippen molar-refractivity contribution < 1.29 is 5.21 Å². The maximum absolute atomic E-state index is 8.80. The van der Waals surface area contributed by atoms with Gasteiger partial charge in [-0.25, -0.2) is 0 Å². The van der Waals surface area contributed by atoms with Crippen molar-refractivity contribution in [2.24, 2.45) is 10.9 Å². The largest absolute Gasteiger partial charge is 0.409 e. The van der Waals surface area contributed by atoms with Gasteiger partial charge in [-0.15, -0.1) is 0 Å². The highest BCUT2D eigenvalue weighted by molar-refractivity contribution is 9.10. The van der Waals surface area contributed by atoms with E-state index in [1.165, 1.54) is 5.56 Å². The first-order chi connectivity index (χ1) is 10.1. The molecule has 5 nitrogen and oxygen atoms in total. The minimum absolute atomic E-state index is 0.0162. The van der Waals surface area contributed by atoms with Gasteiger partial charge < -0.3 is 16.3 Å². The Morgan fingerprint density at radius 3 is 2.95 bits per heavy atom. The van der Waals surface area contributed by atoms with Crippen LogP contribution in [-0.2, 0) is 6.54 Å². The van der Waals surface area contributed by atoms with E-state index in [1.54, 1.807) is 6.20 Å². The summed E-state index contributed by atoms with van der Waals surface area (Å²) in [6, 6.07) is 12.0. The lowest BCUT2D eigenvalue weighted by molar-refractivity contribution is 0.318. The molecule has 0 amide bonds. The molecule has 0 saturated carbocycles. The molecule has 0 spiro atoms. The van der Waals surface area contributed by atoms with Crippen LogP contribution in [0.25, 0.3) is 0 Å². The molecular formula is C15H17BrN4O. The minimum atomic E-state index is 0.0162. The number of pyridine rings is 1. The highest BCUT2D eigenvalue weighted by Gasteiger charge is 2.10. The molecule has 1 unspecified atom stereocenters. The Bertz CT molecular complexity index is 645. The Kier molecular flexibility index (Phi) is 5.30. The fourth-order valence-electron chi connectivity index (χ4n) is 2.02. The van der Waals surface area contributed by atoms with Crippen molar-refractivity contribution in [3.63, 3.8) is 0 Å². The van der Waals surface area contributed by atoms with E-state index in [0.29, 0.717) is 12.2 Å². The number of nitrogens with one attached hydrogen (secondary N) is 1. The summed E-state index contributed by atoms with van der Waals surface area (Å²) in [4.78, 5) is 4.15. The number of oxime groups is 1. The Morgan fingerprint density at radius 2 is 2.24 bits per heavy atom. The van der Waals surface area contributed by atoms with Crippen LogP contribution in [0.4, 0.5) is 0 Å². The SMILES string of the molecule is CC(NCc1cccnc1C(N)=NO)c1cccc(Br)c1. The van der Waals surface area contributed by atoms with Gasteiger partial charge in [0.1, 0.15) is 5.69 Å². The number of nitrogens with zero attached hydrogens (tertiary/aromatic N) is 2. The third kappa shape index (κ3) is 4.03. The second kappa shape index (κ2) is 7.19. The summed E-state index contributed by atoms with van der Waals surface area (Å²) in [5.41, 5.74) is 8.19. The molecular weight excluding hydrogens is 332 g/mol. The van der Waals surface area contributed by atoms with Crippen molar-refractivity contribution in [1.82, 2.24) is 10.3 Å². The lowest BCUT2D eigenvalue weighted by Crippen LogP contribution is -2.23. The van der Waals surface area contributed by atoms with E-state index >= 15 is 0 Å². The van der Waals surface area contributed by atoms with Gasteiger partial charge in [0.2, 0.25) is 0 Å². The first kappa shape index (κ1) is 15.5. The average Bonchev–Trinajstić information content (AvgIpc) is 2.52. The highest BCUT2D eigenvalue weighted by atomic mass is 79.9. The van der Waals surface area contributed by atoms with Gasteiger partial charge in [-0.2, -0.15) is 0 Å². The van der Waals surface area contributed by atoms with Crippen LogP contribution in [0.5, 0.6) is 0 Å². The van der Waals surface area contributed by atoms with Gasteiger partial charge in [0.05, 0.1) is 0 Å². The Morgan fingerprint density at radius 1 is 1.43 bits per heavy atom. The zero-order valence-electron chi connectivity index (χ0n) is 11.6. The van der Waals surface area contributed by atoms with Gasteiger partial charge in [0.15, 0.2) is 5.84 Å². The lowest BCUT2D eigenvalue weighted by Gasteiger charge is -2.15. The fourth-order valence-corrected chi connectivity index (χ4v) is 2.43. The monoisotopic (exact) mass is 348 g/mol. The van der Waals surface area contributed by atoms with Crippen LogP contribution in [0.2, 0.25) is 0 Å². The quantitative estimate of drug-likeness (QED) is 0.335. The third-order valence-corrected chi connectivity index (χ3v) is 3.68. The normalized spacial score (nSPS) is 13.1. The van der Waals surface area contributed by atoms with E-state index in [-0.39, 0.29) is 11.9 Å². The van der Waals surface area contributed by atoms with E-state index < -0.39 is 0 Å². The topological polar surface area (TPSA) is 83.5 Å². The van der Waals surface area contributed by atoms with Crippen LogP contribution < -0.4 is 11.1 Å². The maximum Gasteiger partial charge on any atom is 0.189 e. The summed E-state index contributed by atoms with van der Waals surface area (Å²) < 4.78 is 1.05. The van der Waals surface area contributed by atoms with Crippen molar-refractivity contribution >= 4 is 21.8 Å². The van der Waals surface area contributed by atoms with E-state index in [4.69, 9.17) is 10.9 Å². The van der Waals surface area contributed by atoms with Gasteiger partial charge in [-0.3, -0.25) is 4.98 Å². The highest BCUT2D eigenvalue weighted by Crippen LogP contribution is 2.18. The summed E-state index contributed by atoms with van der Waals surface area (Å²) in [5.74, 6) is 0.0162. The van der Waals surface area contributed by atoms with Gasteiger partial charge in [-0.05, 0) is 36.2 Å². The molecule has 2 rings (SSSR count). The first-order valence-corrected chi connectivity index (χ1v) is 7.31. The van der Waals surface area contributed by atoms with E-state index in [2.05, 4.69) is 50.4 Å². The van der Waals surface area contributed by atoms with Gasteiger partial charge in [-0.1, -0.05) is 39.3 Å². The molecule has 0 fully saturated rings. The lowest BCUT2D eigenvalue weighted by atomic mass is 10.1. The van der Waals surface area contributed by atoms with Crippen molar-refractivity contribution in [2.45, 2.75) is 19.5 Å². The minimum Gasteiger partial charge on any atom is -0.409 e. The number of aromatic nitrogens is 1. The van der Waals surface area contributed by atoms with Crippen LogP contribution >= 0.6 is 15.9 Å². The van der Waals surface area contributed by atoms with Crippen LogP contribution in [0.3, 0.4) is 0 Å². The average molecular weight is 349 g/mol. The number of hydrogen-bond acceptors (Lipinski definition) is 4. The molecule has 0 saturated heterocycles. The van der Waals surface area contributed by atoms with Crippen LogP contribution in [-0.4, -0.2) is 16.0 Å². The maximum atomic E-state index is 8.80. The molecule has 1 heterocycles. The van der Waals surface area contributed by atoms with Gasteiger partial charge >= 0.3 is 0 Å². The smallest absolute Gasteiger partial charge is 0.189 e. The van der Waals surface area contributed by atoms with Gasteiger partial charge in [0.25, 0.3) is 0 Å². The molecule has 1 atom stereocenters.